The molecule has 27 heavy (non-hydrogen) atoms. The van der Waals surface area contributed by atoms with Crippen molar-refractivity contribution in [2.75, 3.05) is 0 Å². The molecule has 0 bridgehead atoms. The van der Waals surface area contributed by atoms with Crippen molar-refractivity contribution in [1.82, 2.24) is 4.98 Å². The summed E-state index contributed by atoms with van der Waals surface area (Å²) in [5.41, 5.74) is 4.55. The van der Waals surface area contributed by atoms with E-state index in [-0.39, 0.29) is 11.6 Å². The number of pyridine rings is 1. The van der Waals surface area contributed by atoms with Crippen LogP contribution in [0.4, 0.5) is 8.78 Å². The van der Waals surface area contributed by atoms with Crippen molar-refractivity contribution < 1.29 is 8.78 Å². The molecule has 0 saturated heterocycles. The van der Waals surface area contributed by atoms with Gasteiger partial charge in [-0.15, -0.1) is 0 Å². The van der Waals surface area contributed by atoms with Crippen molar-refractivity contribution in [2.45, 2.75) is 0 Å². The molecule has 4 heteroatoms. The van der Waals surface area contributed by atoms with Crippen LogP contribution in [-0.4, -0.2) is 4.98 Å². The second-order valence-electron chi connectivity index (χ2n) is 6.04. The first-order chi connectivity index (χ1) is 13.1. The second kappa shape index (κ2) is 7.29. The number of rotatable bonds is 3. The van der Waals surface area contributed by atoms with E-state index in [2.05, 4.69) is 11.1 Å². The fourth-order valence-corrected chi connectivity index (χ4v) is 3.07. The molecule has 0 unspecified atom stereocenters. The van der Waals surface area contributed by atoms with Gasteiger partial charge in [0, 0.05) is 34.0 Å². The third kappa shape index (κ3) is 3.74. The van der Waals surface area contributed by atoms with Gasteiger partial charge in [0.05, 0.1) is 5.69 Å². The van der Waals surface area contributed by atoms with Gasteiger partial charge in [-0.1, -0.05) is 48.0 Å². The highest BCUT2D eigenvalue weighted by Gasteiger charge is 2.13. The number of aromatic nitrogens is 1. The molecule has 4 rings (SSSR count). The average molecular weight is 377 g/mol. The van der Waals surface area contributed by atoms with E-state index in [0.717, 1.165) is 27.8 Å². The highest BCUT2D eigenvalue weighted by atomic mass is 35.5. The standard InChI is InChI=1S/C23H13ClF2N/c24-19-3-1-2-17(12-19)23-22(16-6-10-21(26)11-7-16)13-18(14-27-23)15-4-8-20(25)9-5-15/h1-12,14H. The molecule has 131 valence electrons. The molecule has 0 spiro atoms. The van der Waals surface area contributed by atoms with Crippen LogP contribution in [0.5, 0.6) is 0 Å². The number of benzene rings is 3. The third-order valence-electron chi connectivity index (χ3n) is 4.21. The summed E-state index contributed by atoms with van der Waals surface area (Å²) in [5.74, 6) is -0.619. The minimum atomic E-state index is -0.314. The number of hydrogen-bond acceptors (Lipinski definition) is 1. The van der Waals surface area contributed by atoms with Crippen LogP contribution in [0.25, 0.3) is 33.5 Å². The van der Waals surface area contributed by atoms with Crippen LogP contribution in [0.1, 0.15) is 0 Å². The lowest BCUT2D eigenvalue weighted by Gasteiger charge is -2.12. The Hall–Kier alpha value is -3.04. The van der Waals surface area contributed by atoms with E-state index >= 15 is 0 Å². The van der Waals surface area contributed by atoms with Crippen molar-refractivity contribution in [3.63, 3.8) is 0 Å². The van der Waals surface area contributed by atoms with E-state index in [1.54, 1.807) is 36.5 Å². The zero-order chi connectivity index (χ0) is 18.8. The fourth-order valence-electron chi connectivity index (χ4n) is 2.88. The molecule has 0 aliphatic rings. The van der Waals surface area contributed by atoms with Crippen molar-refractivity contribution in [3.8, 4) is 33.5 Å². The number of hydrogen-bond donors (Lipinski definition) is 0. The first-order valence-electron chi connectivity index (χ1n) is 8.30. The van der Waals surface area contributed by atoms with Gasteiger partial charge in [-0.25, -0.2) is 8.78 Å². The van der Waals surface area contributed by atoms with Gasteiger partial charge in [0.2, 0.25) is 0 Å². The quantitative estimate of drug-likeness (QED) is 0.382. The van der Waals surface area contributed by atoms with Gasteiger partial charge >= 0.3 is 0 Å². The molecule has 0 aliphatic heterocycles. The van der Waals surface area contributed by atoms with Crippen LogP contribution in [-0.2, 0) is 0 Å². The molecule has 3 aromatic carbocycles. The molecule has 0 amide bonds. The maximum atomic E-state index is 13.4. The molecule has 0 fully saturated rings. The summed E-state index contributed by atoms with van der Waals surface area (Å²) in [6, 6.07) is 23.0. The smallest absolute Gasteiger partial charge is 0.123 e. The fraction of sp³-hybridized carbons (Fsp3) is 0. The maximum absolute atomic E-state index is 13.4. The topological polar surface area (TPSA) is 12.9 Å². The van der Waals surface area contributed by atoms with Crippen molar-refractivity contribution in [3.05, 3.63) is 102 Å². The first kappa shape index (κ1) is 17.4. The monoisotopic (exact) mass is 376 g/mol. The van der Waals surface area contributed by atoms with E-state index in [1.165, 1.54) is 24.3 Å². The van der Waals surface area contributed by atoms with Crippen molar-refractivity contribution in [2.24, 2.45) is 0 Å². The van der Waals surface area contributed by atoms with E-state index in [0.29, 0.717) is 10.7 Å². The van der Waals surface area contributed by atoms with E-state index in [1.807, 2.05) is 18.2 Å². The van der Waals surface area contributed by atoms with Crippen LogP contribution in [0.15, 0.2) is 79.0 Å². The largest absolute Gasteiger partial charge is 0.255 e. The van der Waals surface area contributed by atoms with Gasteiger partial charge < -0.3 is 0 Å². The Morgan fingerprint density at radius 2 is 1.37 bits per heavy atom. The predicted molar refractivity (Wildman–Crippen MR) is 104 cm³/mol. The lowest BCUT2D eigenvalue weighted by atomic mass is 9.96. The minimum Gasteiger partial charge on any atom is -0.255 e. The molecule has 0 N–H and O–H groups in total. The molecule has 0 saturated carbocycles. The third-order valence-corrected chi connectivity index (χ3v) is 4.44. The number of halogens is 3. The molecule has 1 aromatic heterocycles. The summed E-state index contributed by atoms with van der Waals surface area (Å²) >= 11 is 6.13. The van der Waals surface area contributed by atoms with Gasteiger partial charge in [0.15, 0.2) is 0 Å². The van der Waals surface area contributed by atoms with Crippen LogP contribution in [0.3, 0.4) is 0 Å². The van der Waals surface area contributed by atoms with E-state index < -0.39 is 0 Å². The second-order valence-corrected chi connectivity index (χ2v) is 6.48. The van der Waals surface area contributed by atoms with E-state index in [4.69, 9.17) is 11.6 Å². The van der Waals surface area contributed by atoms with Gasteiger partial charge in [-0.2, -0.15) is 0 Å². The zero-order valence-electron chi connectivity index (χ0n) is 14.1. The van der Waals surface area contributed by atoms with Gasteiger partial charge in [0.25, 0.3) is 0 Å². The minimum absolute atomic E-state index is 0.305. The molecular weight excluding hydrogens is 364 g/mol. The summed E-state index contributed by atoms with van der Waals surface area (Å²) in [6.45, 7) is 0. The molecule has 1 heterocycles. The summed E-state index contributed by atoms with van der Waals surface area (Å²) in [5, 5.41) is 0.599. The van der Waals surface area contributed by atoms with E-state index in [9.17, 15) is 8.78 Å². The summed E-state index contributed by atoms with van der Waals surface area (Å²) in [6.07, 6.45) is 1.69. The average Bonchev–Trinajstić information content (AvgIpc) is 2.69. The molecule has 1 radical (unpaired) electrons. The molecular formula is C23H13ClF2N. The van der Waals surface area contributed by atoms with Crippen LogP contribution < -0.4 is 0 Å². The molecule has 0 atom stereocenters. The normalized spacial score (nSPS) is 10.8. The summed E-state index contributed by atoms with van der Waals surface area (Å²) in [7, 11) is 0. The Bertz CT molecular complexity index is 1090. The van der Waals surface area contributed by atoms with Crippen molar-refractivity contribution in [1.29, 1.82) is 0 Å². The Labute approximate surface area is 160 Å². The van der Waals surface area contributed by atoms with Crippen LogP contribution in [0.2, 0.25) is 5.02 Å². The van der Waals surface area contributed by atoms with Crippen LogP contribution >= 0.6 is 11.6 Å². The highest BCUT2D eigenvalue weighted by molar-refractivity contribution is 6.30. The molecule has 4 aromatic rings. The Morgan fingerprint density at radius 1 is 0.741 bits per heavy atom. The number of nitrogens with zero attached hydrogens (tertiary/aromatic N) is 1. The zero-order valence-corrected chi connectivity index (χ0v) is 14.8. The highest BCUT2D eigenvalue weighted by Crippen LogP contribution is 2.34. The van der Waals surface area contributed by atoms with Gasteiger partial charge in [0.1, 0.15) is 11.6 Å². The van der Waals surface area contributed by atoms with Crippen molar-refractivity contribution >= 4 is 11.6 Å². The predicted octanol–water partition coefficient (Wildman–Crippen LogP) is 6.81. The Morgan fingerprint density at radius 3 is 2.00 bits per heavy atom. The lowest BCUT2D eigenvalue weighted by Crippen LogP contribution is -1.92. The van der Waals surface area contributed by atoms with Gasteiger partial charge in [-0.05, 0) is 47.5 Å². The maximum Gasteiger partial charge on any atom is 0.123 e. The van der Waals surface area contributed by atoms with Gasteiger partial charge in [-0.3, -0.25) is 4.98 Å². The first-order valence-corrected chi connectivity index (χ1v) is 8.68. The Balaban J connectivity index is 1.91. The Kier molecular flexibility index (Phi) is 4.69. The summed E-state index contributed by atoms with van der Waals surface area (Å²) < 4.78 is 26.6. The molecule has 1 nitrogen and oxygen atoms in total. The molecule has 0 aliphatic carbocycles. The SMILES string of the molecule is Fc1ccc(-c2[c]c(-c3ccc(F)cc3)c(-c3cccc(Cl)c3)nc2)cc1. The van der Waals surface area contributed by atoms with Crippen LogP contribution in [0, 0.1) is 17.7 Å². The summed E-state index contributed by atoms with van der Waals surface area (Å²) in [4.78, 5) is 4.61. The lowest BCUT2D eigenvalue weighted by molar-refractivity contribution is 0.627.